The second-order valence-electron chi connectivity index (χ2n) is 4.81. The summed E-state index contributed by atoms with van der Waals surface area (Å²) in [5.74, 6) is -0.814. The third-order valence-electron chi connectivity index (χ3n) is 3.11. The Morgan fingerprint density at radius 2 is 1.62 bits per heavy atom. The van der Waals surface area contributed by atoms with Crippen LogP contribution < -0.4 is 5.32 Å². The summed E-state index contributed by atoms with van der Waals surface area (Å²) in [5, 5.41) is 9.81. The molecule has 122 valence electrons. The topological polar surface area (TPSA) is 68.0 Å². The average Bonchev–Trinajstić information content (AvgIpc) is 3.05. The number of aromatic nitrogens is 2. The van der Waals surface area contributed by atoms with Gasteiger partial charge in [-0.25, -0.2) is 0 Å². The third-order valence-corrected chi connectivity index (χ3v) is 3.11. The largest absolute Gasteiger partial charge is 0.416 e. The van der Waals surface area contributed by atoms with Gasteiger partial charge in [-0.3, -0.25) is 4.79 Å². The van der Waals surface area contributed by atoms with Crippen LogP contribution in [-0.4, -0.2) is 16.1 Å². The van der Waals surface area contributed by atoms with Crippen molar-refractivity contribution in [2.24, 2.45) is 0 Å². The Labute approximate surface area is 134 Å². The lowest BCUT2D eigenvalue weighted by molar-refractivity contribution is -0.137. The smallest absolute Gasteiger partial charge is 0.412 e. The molecule has 0 spiro atoms. The van der Waals surface area contributed by atoms with E-state index in [2.05, 4.69) is 15.5 Å². The maximum Gasteiger partial charge on any atom is 0.416 e. The number of carbonyl (C=O) groups excluding carboxylic acids is 1. The van der Waals surface area contributed by atoms with Gasteiger partial charge in [0.25, 0.3) is 0 Å². The van der Waals surface area contributed by atoms with Crippen molar-refractivity contribution in [2.75, 3.05) is 5.32 Å². The van der Waals surface area contributed by atoms with Crippen LogP contribution in [-0.2, 0) is 6.18 Å². The molecule has 0 aliphatic rings. The molecule has 0 atom stereocenters. The molecule has 1 heterocycles. The van der Waals surface area contributed by atoms with E-state index in [0.29, 0.717) is 5.56 Å². The van der Waals surface area contributed by atoms with Crippen LogP contribution in [0.5, 0.6) is 0 Å². The van der Waals surface area contributed by atoms with Gasteiger partial charge in [0.05, 0.1) is 5.56 Å². The van der Waals surface area contributed by atoms with E-state index in [9.17, 15) is 18.0 Å². The Morgan fingerprint density at radius 1 is 0.958 bits per heavy atom. The maximum absolute atomic E-state index is 12.5. The predicted molar refractivity (Wildman–Crippen MR) is 79.1 cm³/mol. The highest BCUT2D eigenvalue weighted by molar-refractivity contribution is 6.00. The standard InChI is InChI=1S/C16H10F3N3O2/c17-16(18,19)11-6-8-12(9-7-11)20-13(23)15-22-21-14(24-15)10-4-2-1-3-5-10/h1-9H,(H,20,23). The SMILES string of the molecule is O=C(Nc1ccc(C(F)(F)F)cc1)c1nnc(-c2ccccc2)o1. The van der Waals surface area contributed by atoms with Crippen LogP contribution >= 0.6 is 0 Å². The molecular formula is C16H10F3N3O2. The van der Waals surface area contributed by atoms with Crippen molar-refractivity contribution in [2.45, 2.75) is 6.18 Å². The van der Waals surface area contributed by atoms with Gasteiger partial charge in [0.15, 0.2) is 0 Å². The number of hydrogen-bond donors (Lipinski definition) is 1. The van der Waals surface area contributed by atoms with Crippen molar-refractivity contribution in [3.05, 3.63) is 66.1 Å². The Kier molecular flexibility index (Phi) is 4.03. The minimum atomic E-state index is -4.43. The lowest BCUT2D eigenvalue weighted by Crippen LogP contribution is -2.12. The number of rotatable bonds is 3. The molecule has 24 heavy (non-hydrogen) atoms. The fourth-order valence-corrected chi connectivity index (χ4v) is 1.94. The summed E-state index contributed by atoms with van der Waals surface area (Å²) in [4.78, 5) is 12.0. The first kappa shape index (κ1) is 15.7. The minimum absolute atomic E-state index is 0.174. The highest BCUT2D eigenvalue weighted by Gasteiger charge is 2.30. The Hall–Kier alpha value is -3.16. The maximum atomic E-state index is 12.5. The molecule has 8 heteroatoms. The number of amides is 1. The number of carbonyl (C=O) groups is 1. The minimum Gasteiger partial charge on any atom is -0.412 e. The molecule has 3 rings (SSSR count). The molecule has 5 nitrogen and oxygen atoms in total. The van der Waals surface area contributed by atoms with Crippen molar-refractivity contribution in [3.63, 3.8) is 0 Å². The van der Waals surface area contributed by atoms with Crippen molar-refractivity contribution < 1.29 is 22.4 Å². The summed E-state index contributed by atoms with van der Waals surface area (Å²) >= 11 is 0. The molecule has 0 unspecified atom stereocenters. The van der Waals surface area contributed by atoms with Gasteiger partial charge in [0.1, 0.15) is 0 Å². The number of halogens is 3. The molecule has 1 amide bonds. The van der Waals surface area contributed by atoms with E-state index in [1.807, 2.05) is 6.07 Å². The van der Waals surface area contributed by atoms with Gasteiger partial charge >= 0.3 is 18.0 Å². The van der Waals surface area contributed by atoms with Gasteiger partial charge < -0.3 is 9.73 Å². The van der Waals surface area contributed by atoms with Gasteiger partial charge in [-0.15, -0.1) is 10.2 Å². The Bertz CT molecular complexity index is 843. The van der Waals surface area contributed by atoms with Gasteiger partial charge in [0.2, 0.25) is 5.89 Å². The molecule has 0 aliphatic carbocycles. The fraction of sp³-hybridized carbons (Fsp3) is 0.0625. The average molecular weight is 333 g/mol. The third kappa shape index (κ3) is 3.43. The van der Waals surface area contributed by atoms with Crippen LogP contribution in [0.2, 0.25) is 0 Å². The van der Waals surface area contributed by atoms with E-state index in [-0.39, 0.29) is 17.5 Å². The highest BCUT2D eigenvalue weighted by Crippen LogP contribution is 2.29. The van der Waals surface area contributed by atoms with Crippen molar-refractivity contribution in [3.8, 4) is 11.5 Å². The Morgan fingerprint density at radius 3 is 2.25 bits per heavy atom. The first-order valence-electron chi connectivity index (χ1n) is 6.81. The number of anilines is 1. The fourth-order valence-electron chi connectivity index (χ4n) is 1.94. The van der Waals surface area contributed by atoms with Crippen molar-refractivity contribution in [1.82, 2.24) is 10.2 Å². The zero-order chi connectivity index (χ0) is 17.2. The molecule has 2 aromatic carbocycles. The highest BCUT2D eigenvalue weighted by atomic mass is 19.4. The van der Waals surface area contributed by atoms with Crippen molar-refractivity contribution in [1.29, 1.82) is 0 Å². The number of hydrogen-bond acceptors (Lipinski definition) is 4. The summed E-state index contributed by atoms with van der Waals surface area (Å²) in [6.45, 7) is 0. The van der Waals surface area contributed by atoms with E-state index >= 15 is 0 Å². The summed E-state index contributed by atoms with van der Waals surface area (Å²) < 4.78 is 42.7. The van der Waals surface area contributed by atoms with E-state index < -0.39 is 17.6 Å². The van der Waals surface area contributed by atoms with Gasteiger partial charge in [-0.1, -0.05) is 18.2 Å². The van der Waals surface area contributed by atoms with Crippen LogP contribution in [0, 0.1) is 0 Å². The molecule has 0 fully saturated rings. The summed E-state index contributed by atoms with van der Waals surface area (Å²) in [6.07, 6.45) is -4.43. The zero-order valence-electron chi connectivity index (χ0n) is 12.0. The normalized spacial score (nSPS) is 11.3. The van der Waals surface area contributed by atoms with E-state index in [1.165, 1.54) is 0 Å². The molecule has 1 N–H and O–H groups in total. The van der Waals surface area contributed by atoms with Crippen LogP contribution in [0.3, 0.4) is 0 Å². The van der Waals surface area contributed by atoms with Crippen LogP contribution in [0.4, 0.5) is 18.9 Å². The number of benzene rings is 2. The van der Waals surface area contributed by atoms with Crippen LogP contribution in [0.15, 0.2) is 59.0 Å². The van der Waals surface area contributed by atoms with E-state index in [4.69, 9.17) is 4.42 Å². The molecule has 1 aromatic heterocycles. The van der Waals surface area contributed by atoms with Gasteiger partial charge in [-0.2, -0.15) is 13.2 Å². The van der Waals surface area contributed by atoms with Gasteiger partial charge in [0, 0.05) is 11.3 Å². The van der Waals surface area contributed by atoms with Crippen molar-refractivity contribution >= 4 is 11.6 Å². The lowest BCUT2D eigenvalue weighted by atomic mass is 10.2. The quantitative estimate of drug-likeness (QED) is 0.786. The molecular weight excluding hydrogens is 323 g/mol. The lowest BCUT2D eigenvalue weighted by Gasteiger charge is -2.07. The van der Waals surface area contributed by atoms with E-state index in [0.717, 1.165) is 24.3 Å². The van der Waals surface area contributed by atoms with Gasteiger partial charge in [-0.05, 0) is 36.4 Å². The number of nitrogens with zero attached hydrogens (tertiary/aromatic N) is 2. The molecule has 3 aromatic rings. The first-order chi connectivity index (χ1) is 11.4. The second kappa shape index (κ2) is 6.15. The van der Waals surface area contributed by atoms with E-state index in [1.54, 1.807) is 24.3 Å². The second-order valence-corrected chi connectivity index (χ2v) is 4.81. The van der Waals surface area contributed by atoms with Crippen LogP contribution in [0.1, 0.15) is 16.2 Å². The van der Waals surface area contributed by atoms with Crippen LogP contribution in [0.25, 0.3) is 11.5 Å². The molecule has 0 radical (unpaired) electrons. The molecule has 0 bridgehead atoms. The number of alkyl halides is 3. The Balaban J connectivity index is 1.73. The molecule has 0 aliphatic heterocycles. The zero-order valence-corrected chi connectivity index (χ0v) is 12.0. The molecule has 0 saturated carbocycles. The summed E-state index contributed by atoms with van der Waals surface area (Å²) in [6, 6.07) is 12.9. The number of nitrogens with one attached hydrogen (secondary N) is 1. The summed E-state index contributed by atoms with van der Waals surface area (Å²) in [5.41, 5.74) is 0.0377. The molecule has 0 saturated heterocycles. The predicted octanol–water partition coefficient (Wildman–Crippen LogP) is 4.01. The first-order valence-corrected chi connectivity index (χ1v) is 6.81. The summed E-state index contributed by atoms with van der Waals surface area (Å²) in [7, 11) is 0. The monoisotopic (exact) mass is 333 g/mol.